The van der Waals surface area contributed by atoms with Gasteiger partial charge in [0, 0.05) is 36.3 Å². The van der Waals surface area contributed by atoms with Crippen molar-refractivity contribution in [3.05, 3.63) is 69.8 Å². The Morgan fingerprint density at radius 2 is 1.94 bits per heavy atom. The molecule has 2 heterocycles. The van der Waals surface area contributed by atoms with Crippen molar-refractivity contribution >= 4 is 40.7 Å². The van der Waals surface area contributed by atoms with Crippen LogP contribution in [0.1, 0.15) is 35.7 Å². The number of rotatable bonds is 6. The summed E-state index contributed by atoms with van der Waals surface area (Å²) in [5.41, 5.74) is 10.4. The number of halogens is 2. The second-order valence-corrected chi connectivity index (χ2v) is 9.39. The highest BCUT2D eigenvalue weighted by atomic mass is 35.5. The van der Waals surface area contributed by atoms with E-state index in [1.165, 1.54) is 0 Å². The maximum atomic E-state index is 11.6. The van der Waals surface area contributed by atoms with Crippen LogP contribution in [-0.4, -0.2) is 39.7 Å². The van der Waals surface area contributed by atoms with E-state index in [0.29, 0.717) is 39.2 Å². The van der Waals surface area contributed by atoms with Crippen molar-refractivity contribution in [2.75, 3.05) is 23.7 Å². The Labute approximate surface area is 208 Å². The summed E-state index contributed by atoms with van der Waals surface area (Å²) in [5.74, 6) is 0.509. The van der Waals surface area contributed by atoms with Gasteiger partial charge in [0.25, 0.3) is 5.91 Å². The molecule has 1 aliphatic rings. The summed E-state index contributed by atoms with van der Waals surface area (Å²) in [6.45, 7) is 4.40. The average molecular weight is 501 g/mol. The summed E-state index contributed by atoms with van der Waals surface area (Å²) < 4.78 is 0. The third-order valence-corrected chi connectivity index (χ3v) is 7.01. The number of carbonyl (C=O) groups is 1. The van der Waals surface area contributed by atoms with Gasteiger partial charge in [0.2, 0.25) is 0 Å². The first-order valence-corrected chi connectivity index (χ1v) is 11.7. The normalized spacial score (nSPS) is 15.2. The monoisotopic (exact) mass is 500 g/mol. The highest BCUT2D eigenvalue weighted by Crippen LogP contribution is 2.35. The van der Waals surface area contributed by atoms with Crippen molar-refractivity contribution < 1.29 is 10.0 Å². The molecule has 2 aromatic carbocycles. The van der Waals surface area contributed by atoms with Gasteiger partial charge in [-0.3, -0.25) is 10.0 Å². The van der Waals surface area contributed by atoms with Gasteiger partial charge in [-0.2, -0.15) is 0 Å². The zero-order valence-corrected chi connectivity index (χ0v) is 20.2. The first kappa shape index (κ1) is 24.2. The summed E-state index contributed by atoms with van der Waals surface area (Å²) in [4.78, 5) is 22.9. The third-order valence-electron chi connectivity index (χ3n) is 6.19. The highest BCUT2D eigenvalue weighted by molar-refractivity contribution is 6.43. The zero-order chi connectivity index (χ0) is 24.3. The Morgan fingerprint density at radius 1 is 1.21 bits per heavy atom. The molecule has 5 N–H and O–H groups in total. The number of nitrogens with zero attached hydrogens (tertiary/aromatic N) is 3. The molecule has 178 valence electrons. The van der Waals surface area contributed by atoms with Crippen molar-refractivity contribution in [1.82, 2.24) is 20.8 Å². The topological polar surface area (TPSA) is 116 Å². The highest BCUT2D eigenvalue weighted by Gasteiger charge is 2.30. The van der Waals surface area contributed by atoms with Gasteiger partial charge in [-0.1, -0.05) is 47.5 Å². The van der Waals surface area contributed by atoms with Crippen molar-refractivity contribution in [3.8, 4) is 11.3 Å². The van der Waals surface area contributed by atoms with Crippen LogP contribution in [0.5, 0.6) is 0 Å². The molecule has 8 nitrogen and oxygen atoms in total. The quantitative estimate of drug-likeness (QED) is 0.294. The minimum Gasteiger partial charge on any atom is -0.382 e. The molecule has 0 unspecified atom stereocenters. The fourth-order valence-corrected chi connectivity index (χ4v) is 4.44. The number of nitrogens with two attached hydrogens (primary N) is 1. The Balaban J connectivity index is 1.39. The maximum absolute atomic E-state index is 11.6. The number of nitrogens with one attached hydrogen (secondary N) is 2. The van der Waals surface area contributed by atoms with Gasteiger partial charge in [0.05, 0.1) is 16.2 Å². The van der Waals surface area contributed by atoms with Crippen molar-refractivity contribution in [1.29, 1.82) is 0 Å². The van der Waals surface area contributed by atoms with E-state index >= 15 is 0 Å². The predicted octanol–water partition coefficient (Wildman–Crippen LogP) is 4.30. The molecule has 3 aromatic rings. The van der Waals surface area contributed by atoms with Crippen LogP contribution in [0.2, 0.25) is 10.0 Å². The number of benzene rings is 2. The molecule has 1 fully saturated rings. The third kappa shape index (κ3) is 5.26. The van der Waals surface area contributed by atoms with E-state index in [0.717, 1.165) is 37.3 Å². The average Bonchev–Trinajstić information content (AvgIpc) is 2.85. The molecule has 0 saturated carbocycles. The summed E-state index contributed by atoms with van der Waals surface area (Å²) in [7, 11) is 0. The minimum absolute atomic E-state index is 0.0705. The smallest absolute Gasteiger partial charge is 0.274 e. The number of amides is 1. The van der Waals surface area contributed by atoms with E-state index in [1.54, 1.807) is 42.0 Å². The number of hydrogen-bond acceptors (Lipinski definition) is 7. The van der Waals surface area contributed by atoms with Gasteiger partial charge < -0.3 is 16.0 Å². The predicted molar refractivity (Wildman–Crippen MR) is 134 cm³/mol. The number of hydrogen-bond donors (Lipinski definition) is 4. The van der Waals surface area contributed by atoms with Gasteiger partial charge in [-0.05, 0) is 43.5 Å². The summed E-state index contributed by atoms with van der Waals surface area (Å²) >= 11 is 12.4. The molecule has 1 aromatic heterocycles. The second kappa shape index (κ2) is 10.1. The van der Waals surface area contributed by atoms with Crippen molar-refractivity contribution in [3.63, 3.8) is 0 Å². The molecule has 0 radical (unpaired) electrons. The van der Waals surface area contributed by atoms with Crippen LogP contribution in [0.15, 0.2) is 48.7 Å². The number of nitrogen functional groups attached to an aromatic ring is 1. The molecule has 10 heteroatoms. The van der Waals surface area contributed by atoms with Crippen molar-refractivity contribution in [2.24, 2.45) is 0 Å². The van der Waals surface area contributed by atoms with Crippen LogP contribution in [0.4, 0.5) is 11.6 Å². The maximum Gasteiger partial charge on any atom is 0.274 e. The Kier molecular flexibility index (Phi) is 7.23. The van der Waals surface area contributed by atoms with E-state index < -0.39 is 5.91 Å². The lowest BCUT2D eigenvalue weighted by Crippen LogP contribution is -2.51. The number of hydroxylamine groups is 1. The lowest BCUT2D eigenvalue weighted by atomic mass is 9.89. The first-order chi connectivity index (χ1) is 16.3. The zero-order valence-electron chi connectivity index (χ0n) is 18.7. The molecule has 1 aliphatic heterocycles. The van der Waals surface area contributed by atoms with Crippen LogP contribution in [-0.2, 0) is 6.54 Å². The summed E-state index contributed by atoms with van der Waals surface area (Å²) in [6.07, 6.45) is 3.51. The lowest BCUT2D eigenvalue weighted by Gasteiger charge is -2.40. The second-order valence-electron chi connectivity index (χ2n) is 8.61. The molecular formula is C24H26Cl2N6O2. The Bertz CT molecular complexity index is 1200. The van der Waals surface area contributed by atoms with Crippen LogP contribution >= 0.6 is 23.2 Å². The molecule has 0 atom stereocenters. The van der Waals surface area contributed by atoms with Gasteiger partial charge in [0.1, 0.15) is 11.5 Å². The number of piperidine rings is 1. The first-order valence-electron chi connectivity index (χ1n) is 10.9. The van der Waals surface area contributed by atoms with Gasteiger partial charge in [0.15, 0.2) is 5.82 Å². The summed E-state index contributed by atoms with van der Waals surface area (Å²) in [6, 6.07) is 12.5. The SMILES string of the molecule is CC1(NCc2cccc(C(=O)NO)c2)CCN(c2cnc(-c3cccc(Cl)c3Cl)c(N)n2)CC1. The molecule has 0 bridgehead atoms. The molecule has 0 spiro atoms. The van der Waals surface area contributed by atoms with Crippen molar-refractivity contribution in [2.45, 2.75) is 31.8 Å². The van der Waals surface area contributed by atoms with E-state index in [9.17, 15) is 4.79 Å². The molecule has 0 aliphatic carbocycles. The Hall–Kier alpha value is -2.91. The molecular weight excluding hydrogens is 475 g/mol. The van der Waals surface area contributed by atoms with E-state index in [-0.39, 0.29) is 5.54 Å². The molecule has 1 saturated heterocycles. The van der Waals surface area contributed by atoms with E-state index in [4.69, 9.17) is 34.1 Å². The van der Waals surface area contributed by atoms with E-state index in [2.05, 4.69) is 27.1 Å². The van der Waals surface area contributed by atoms with Crippen LogP contribution in [0.25, 0.3) is 11.3 Å². The molecule has 34 heavy (non-hydrogen) atoms. The number of carbonyl (C=O) groups excluding carboxylic acids is 1. The standard InChI is InChI=1S/C24H26Cl2N6O2/c1-24(29-13-15-4-2-5-16(12-15)23(33)31-34)8-10-32(11-9-24)19-14-28-21(22(27)30-19)17-6-3-7-18(25)20(17)26/h2-7,12,14,29,34H,8-11,13H2,1H3,(H2,27,30)(H,31,33). The number of aromatic nitrogens is 2. The van der Waals surface area contributed by atoms with Gasteiger partial charge >= 0.3 is 0 Å². The fourth-order valence-electron chi connectivity index (χ4n) is 4.05. The molecule has 1 amide bonds. The minimum atomic E-state index is -0.523. The fraction of sp³-hybridized carbons (Fsp3) is 0.292. The van der Waals surface area contributed by atoms with Crippen LogP contribution in [0, 0.1) is 0 Å². The largest absolute Gasteiger partial charge is 0.382 e. The van der Waals surface area contributed by atoms with Gasteiger partial charge in [-0.15, -0.1) is 0 Å². The Morgan fingerprint density at radius 3 is 2.65 bits per heavy atom. The summed E-state index contributed by atoms with van der Waals surface area (Å²) in [5, 5.41) is 13.3. The van der Waals surface area contributed by atoms with Gasteiger partial charge in [-0.25, -0.2) is 15.4 Å². The van der Waals surface area contributed by atoms with Crippen LogP contribution < -0.4 is 21.4 Å². The molecule has 4 rings (SSSR count). The van der Waals surface area contributed by atoms with Crippen LogP contribution in [0.3, 0.4) is 0 Å². The van der Waals surface area contributed by atoms with E-state index in [1.807, 2.05) is 12.1 Å². The number of anilines is 2. The lowest BCUT2D eigenvalue weighted by molar-refractivity contribution is 0.0706.